The Morgan fingerprint density at radius 1 is 0.900 bits per heavy atom. The van der Waals surface area contributed by atoms with Crippen LogP contribution in [0.4, 0.5) is 0 Å². The molecule has 0 bridgehead atoms. The Kier molecular flexibility index (Phi) is 7.31. The van der Waals surface area contributed by atoms with E-state index in [0.29, 0.717) is 38.6 Å². The van der Waals surface area contributed by atoms with Crippen molar-refractivity contribution in [2.45, 2.75) is 13.3 Å². The number of halogens is 3. The van der Waals surface area contributed by atoms with Gasteiger partial charge in [-0.15, -0.1) is 5.10 Å². The first kappa shape index (κ1) is 22.1. The zero-order valence-corrected chi connectivity index (χ0v) is 18.2. The van der Waals surface area contributed by atoms with Crippen LogP contribution in [0.15, 0.2) is 42.5 Å². The molecular formula is C20H18Cl3N5O2. The average molecular weight is 467 g/mol. The van der Waals surface area contributed by atoms with Crippen molar-refractivity contribution in [3.63, 3.8) is 0 Å². The topological polar surface area (TPSA) is 88.9 Å². The van der Waals surface area contributed by atoms with Crippen molar-refractivity contribution in [2.75, 3.05) is 13.1 Å². The van der Waals surface area contributed by atoms with E-state index in [4.69, 9.17) is 34.8 Å². The molecule has 2 amide bonds. The van der Waals surface area contributed by atoms with Gasteiger partial charge in [0.25, 0.3) is 11.8 Å². The second-order valence-corrected chi connectivity index (χ2v) is 7.40. The third-order valence-electron chi connectivity index (χ3n) is 4.16. The largest absolute Gasteiger partial charge is 0.350 e. The summed E-state index contributed by atoms with van der Waals surface area (Å²) in [5.74, 6) is -0.264. The fourth-order valence-corrected chi connectivity index (χ4v) is 3.49. The smallest absolute Gasteiger partial charge is 0.291 e. The van der Waals surface area contributed by atoms with Gasteiger partial charge in [-0.05, 0) is 24.3 Å². The molecule has 1 aromatic heterocycles. The number of aromatic nitrogens is 3. The quantitative estimate of drug-likeness (QED) is 0.516. The van der Waals surface area contributed by atoms with Gasteiger partial charge in [-0.3, -0.25) is 9.59 Å². The predicted molar refractivity (Wildman–Crippen MR) is 117 cm³/mol. The monoisotopic (exact) mass is 465 g/mol. The molecule has 2 aromatic carbocycles. The number of carbonyl (C=O) groups is 2. The fraction of sp³-hybridized carbons (Fsp3) is 0.200. The second-order valence-electron chi connectivity index (χ2n) is 6.18. The molecule has 7 nitrogen and oxygen atoms in total. The minimum Gasteiger partial charge on any atom is -0.350 e. The lowest BCUT2D eigenvalue weighted by Crippen LogP contribution is -2.35. The molecule has 30 heavy (non-hydrogen) atoms. The third kappa shape index (κ3) is 4.92. The number of rotatable bonds is 7. The highest BCUT2D eigenvalue weighted by Gasteiger charge is 2.19. The predicted octanol–water partition coefficient (Wildman–Crippen LogP) is 3.95. The number of amides is 2. The van der Waals surface area contributed by atoms with E-state index in [-0.39, 0.29) is 24.8 Å². The lowest BCUT2D eigenvalue weighted by Gasteiger charge is -2.08. The highest BCUT2D eigenvalue weighted by atomic mass is 35.5. The highest BCUT2D eigenvalue weighted by Crippen LogP contribution is 2.28. The second kappa shape index (κ2) is 9.93. The first-order chi connectivity index (χ1) is 14.4. The Bertz CT molecular complexity index is 1060. The van der Waals surface area contributed by atoms with Crippen molar-refractivity contribution in [2.24, 2.45) is 0 Å². The Morgan fingerprint density at radius 2 is 1.50 bits per heavy atom. The van der Waals surface area contributed by atoms with Crippen LogP contribution in [0.3, 0.4) is 0 Å². The molecule has 156 valence electrons. The maximum Gasteiger partial charge on any atom is 0.291 e. The van der Waals surface area contributed by atoms with Gasteiger partial charge >= 0.3 is 0 Å². The molecule has 0 aliphatic carbocycles. The summed E-state index contributed by atoms with van der Waals surface area (Å²) in [7, 11) is 0. The van der Waals surface area contributed by atoms with Gasteiger partial charge < -0.3 is 10.6 Å². The number of carbonyl (C=O) groups excluding carboxylic acids is 2. The molecule has 0 atom stereocenters. The zero-order chi connectivity index (χ0) is 21.7. The van der Waals surface area contributed by atoms with E-state index < -0.39 is 5.91 Å². The number of hydrogen-bond donors (Lipinski definition) is 2. The number of nitrogens with one attached hydrogen (secondary N) is 2. The molecule has 0 unspecified atom stereocenters. The van der Waals surface area contributed by atoms with E-state index in [1.54, 1.807) is 42.5 Å². The van der Waals surface area contributed by atoms with Gasteiger partial charge in [0.1, 0.15) is 11.5 Å². The van der Waals surface area contributed by atoms with E-state index in [9.17, 15) is 9.59 Å². The molecule has 0 saturated carbocycles. The normalized spacial score (nSPS) is 10.7. The molecule has 0 saturated heterocycles. The summed E-state index contributed by atoms with van der Waals surface area (Å²) >= 11 is 18.5. The molecule has 0 aliphatic rings. The van der Waals surface area contributed by atoms with Crippen LogP contribution in [-0.4, -0.2) is 39.7 Å². The van der Waals surface area contributed by atoms with E-state index in [1.165, 1.54) is 4.68 Å². The van der Waals surface area contributed by atoms with Gasteiger partial charge in [-0.2, -0.15) is 0 Å². The number of benzene rings is 2. The molecule has 3 rings (SSSR count). The summed E-state index contributed by atoms with van der Waals surface area (Å²) < 4.78 is 1.47. The maximum atomic E-state index is 12.4. The maximum absolute atomic E-state index is 12.4. The summed E-state index contributed by atoms with van der Waals surface area (Å²) in [6.07, 6.45) is 0.524. The van der Waals surface area contributed by atoms with Crippen LogP contribution in [-0.2, 0) is 6.42 Å². The van der Waals surface area contributed by atoms with Gasteiger partial charge in [0.15, 0.2) is 0 Å². The van der Waals surface area contributed by atoms with Gasteiger partial charge in [0.05, 0.1) is 20.6 Å². The van der Waals surface area contributed by atoms with Crippen molar-refractivity contribution in [3.05, 3.63) is 74.7 Å². The fourth-order valence-electron chi connectivity index (χ4n) is 2.71. The Hall–Kier alpha value is -2.61. The molecule has 1 heterocycles. The Morgan fingerprint density at radius 3 is 2.13 bits per heavy atom. The number of hydrogen-bond acceptors (Lipinski definition) is 4. The summed E-state index contributed by atoms with van der Waals surface area (Å²) in [6, 6.07) is 11.8. The third-order valence-corrected chi connectivity index (χ3v) is 5.10. The van der Waals surface area contributed by atoms with Crippen LogP contribution in [0.5, 0.6) is 0 Å². The lowest BCUT2D eigenvalue weighted by molar-refractivity contribution is 0.0922. The van der Waals surface area contributed by atoms with Crippen molar-refractivity contribution in [1.82, 2.24) is 25.4 Å². The average Bonchev–Trinajstić information content (AvgIpc) is 3.15. The summed E-state index contributed by atoms with van der Waals surface area (Å²) in [5, 5.41) is 10.8. The lowest BCUT2D eigenvalue weighted by atomic mass is 10.2. The van der Waals surface area contributed by atoms with Crippen LogP contribution in [0, 0.1) is 0 Å². The van der Waals surface area contributed by atoms with Crippen LogP contribution < -0.4 is 10.6 Å². The van der Waals surface area contributed by atoms with Crippen molar-refractivity contribution in [1.29, 1.82) is 0 Å². The van der Waals surface area contributed by atoms with Crippen LogP contribution >= 0.6 is 34.8 Å². The van der Waals surface area contributed by atoms with Crippen LogP contribution in [0.2, 0.25) is 15.1 Å². The minimum atomic E-state index is -0.474. The van der Waals surface area contributed by atoms with Gasteiger partial charge in [-0.1, -0.05) is 59.9 Å². The molecule has 2 N–H and O–H groups in total. The minimum absolute atomic E-state index is 0.0136. The molecule has 0 radical (unpaired) electrons. The summed E-state index contributed by atoms with van der Waals surface area (Å²) in [6.45, 7) is 2.29. The van der Waals surface area contributed by atoms with E-state index in [1.807, 2.05) is 6.92 Å². The Labute approximate surface area is 188 Å². The van der Waals surface area contributed by atoms with Crippen molar-refractivity contribution >= 4 is 46.6 Å². The summed E-state index contributed by atoms with van der Waals surface area (Å²) in [4.78, 5) is 28.9. The molecule has 0 fully saturated rings. The molecule has 0 spiro atoms. The van der Waals surface area contributed by atoms with E-state index in [2.05, 4.69) is 20.7 Å². The van der Waals surface area contributed by atoms with Gasteiger partial charge in [0.2, 0.25) is 5.82 Å². The highest BCUT2D eigenvalue weighted by molar-refractivity contribution is 6.37. The number of para-hydroxylation sites is 1. The van der Waals surface area contributed by atoms with Crippen molar-refractivity contribution < 1.29 is 9.59 Å². The first-order valence-corrected chi connectivity index (χ1v) is 10.3. The van der Waals surface area contributed by atoms with E-state index in [0.717, 1.165) is 0 Å². The molecular weight excluding hydrogens is 449 g/mol. The van der Waals surface area contributed by atoms with E-state index >= 15 is 0 Å². The zero-order valence-electron chi connectivity index (χ0n) is 16.0. The molecule has 3 aromatic rings. The molecule has 0 aliphatic heterocycles. The van der Waals surface area contributed by atoms with Crippen LogP contribution in [0.1, 0.15) is 33.7 Å². The van der Waals surface area contributed by atoms with Crippen molar-refractivity contribution in [3.8, 4) is 5.69 Å². The van der Waals surface area contributed by atoms with Crippen LogP contribution in [0.25, 0.3) is 5.69 Å². The Balaban J connectivity index is 1.63. The SMILES string of the molecule is CCc1nc(C(=O)NCCNC(=O)c2ccccc2Cl)nn1-c1c(Cl)cccc1Cl. The summed E-state index contributed by atoms with van der Waals surface area (Å²) in [5.41, 5.74) is 0.839. The molecule has 10 heteroatoms. The first-order valence-electron chi connectivity index (χ1n) is 9.13. The number of aryl methyl sites for hydroxylation is 1. The number of nitrogens with zero attached hydrogens (tertiary/aromatic N) is 3. The van der Waals surface area contributed by atoms with Gasteiger partial charge in [-0.25, -0.2) is 9.67 Å². The standard InChI is InChI=1S/C20H18Cl3N5O2/c1-2-16-26-18(27-28(16)17-14(22)8-5-9-15(17)23)20(30)25-11-10-24-19(29)12-6-3-4-7-13(12)21/h3-9H,2,10-11H2,1H3,(H,24,29)(H,25,30). The van der Waals surface area contributed by atoms with Gasteiger partial charge in [0, 0.05) is 19.5 Å².